The summed E-state index contributed by atoms with van der Waals surface area (Å²) in [5, 5.41) is 12.1. The Hall–Kier alpha value is -1.72. The molecule has 32 heavy (non-hydrogen) atoms. The second kappa shape index (κ2) is 12.5. The van der Waals surface area contributed by atoms with E-state index in [0.717, 1.165) is 82.9 Å². The minimum absolute atomic E-state index is 0. The van der Waals surface area contributed by atoms with E-state index in [0.29, 0.717) is 12.5 Å². The highest BCUT2D eigenvalue weighted by atomic mass is 127. The summed E-state index contributed by atoms with van der Waals surface area (Å²) in [7, 11) is 2.00. The molecule has 1 unspecified atom stereocenters. The van der Waals surface area contributed by atoms with Crippen LogP contribution in [-0.2, 0) is 18.3 Å². The molecule has 1 N–H and O–H groups in total. The van der Waals surface area contributed by atoms with Gasteiger partial charge in [-0.05, 0) is 31.9 Å². The minimum Gasteiger partial charge on any atom is -0.379 e. The van der Waals surface area contributed by atoms with Gasteiger partial charge in [0.05, 0.1) is 13.2 Å². The van der Waals surface area contributed by atoms with E-state index >= 15 is 0 Å². The van der Waals surface area contributed by atoms with Gasteiger partial charge in [-0.15, -0.1) is 34.2 Å². The van der Waals surface area contributed by atoms with Crippen molar-refractivity contribution in [1.82, 2.24) is 29.9 Å². The smallest absolute Gasteiger partial charge is 0.194 e. The molecule has 2 aromatic rings. The maximum absolute atomic E-state index is 5.45. The predicted octanol–water partition coefficient (Wildman–Crippen LogP) is 2.40. The van der Waals surface area contributed by atoms with E-state index in [2.05, 4.69) is 55.6 Å². The highest BCUT2D eigenvalue weighted by Gasteiger charge is 2.26. The third-order valence-corrected chi connectivity index (χ3v) is 6.35. The Balaban J connectivity index is 0.00000289. The van der Waals surface area contributed by atoms with Crippen molar-refractivity contribution in [3.63, 3.8) is 0 Å². The van der Waals surface area contributed by atoms with Crippen LogP contribution in [0.1, 0.15) is 36.0 Å². The topological polar surface area (TPSA) is 70.8 Å². The number of aryl methyl sites for hydroxylation is 1. The Morgan fingerprint density at radius 1 is 1.16 bits per heavy atom. The predicted molar refractivity (Wildman–Crippen MR) is 138 cm³/mol. The third kappa shape index (κ3) is 6.64. The van der Waals surface area contributed by atoms with Gasteiger partial charge in [-0.1, -0.05) is 30.3 Å². The number of aromatic nitrogens is 3. The zero-order chi connectivity index (χ0) is 21.5. The lowest BCUT2D eigenvalue weighted by Crippen LogP contribution is -2.42. The number of nitrogens with zero attached hydrogens (tertiary/aromatic N) is 6. The summed E-state index contributed by atoms with van der Waals surface area (Å²) >= 11 is 0. The maximum atomic E-state index is 5.45. The molecule has 1 atom stereocenters. The molecule has 1 aromatic carbocycles. The molecule has 0 saturated carbocycles. The zero-order valence-electron chi connectivity index (χ0n) is 19.2. The first-order valence-electron chi connectivity index (χ1n) is 11.4. The molecule has 4 rings (SSSR count). The number of likely N-dealkylation sites (tertiary alicyclic amines) is 1. The van der Waals surface area contributed by atoms with Gasteiger partial charge in [-0.2, -0.15) is 0 Å². The van der Waals surface area contributed by atoms with E-state index in [-0.39, 0.29) is 24.0 Å². The monoisotopic (exact) mass is 553 g/mol. The van der Waals surface area contributed by atoms with Crippen molar-refractivity contribution in [2.45, 2.75) is 32.2 Å². The van der Waals surface area contributed by atoms with Crippen molar-refractivity contribution in [2.75, 3.05) is 52.5 Å². The SMILES string of the molecule is Cc1nnc(CN=C(NCCCN2CCOCC2)N2CCC(c3ccccc3)C2)n1C.I. The van der Waals surface area contributed by atoms with E-state index in [1.54, 1.807) is 0 Å². The number of ether oxygens (including phenoxy) is 1. The zero-order valence-corrected chi connectivity index (χ0v) is 21.6. The molecule has 0 amide bonds. The first-order valence-corrected chi connectivity index (χ1v) is 11.4. The van der Waals surface area contributed by atoms with Crippen LogP contribution < -0.4 is 5.32 Å². The minimum atomic E-state index is 0. The summed E-state index contributed by atoms with van der Waals surface area (Å²) in [6.45, 7) is 10.3. The van der Waals surface area contributed by atoms with Crippen LogP contribution in [0.2, 0.25) is 0 Å². The van der Waals surface area contributed by atoms with E-state index in [1.165, 1.54) is 5.56 Å². The Morgan fingerprint density at radius 3 is 2.66 bits per heavy atom. The maximum Gasteiger partial charge on any atom is 0.194 e. The summed E-state index contributed by atoms with van der Waals surface area (Å²) in [4.78, 5) is 9.81. The van der Waals surface area contributed by atoms with Gasteiger partial charge in [0, 0.05) is 45.7 Å². The van der Waals surface area contributed by atoms with Crippen molar-refractivity contribution < 1.29 is 4.74 Å². The van der Waals surface area contributed by atoms with Crippen LogP contribution in [0.25, 0.3) is 0 Å². The van der Waals surface area contributed by atoms with E-state index < -0.39 is 0 Å². The molecule has 0 aliphatic carbocycles. The van der Waals surface area contributed by atoms with Gasteiger partial charge in [0.25, 0.3) is 0 Å². The molecule has 0 spiro atoms. The molecule has 0 bridgehead atoms. The number of hydrogen-bond acceptors (Lipinski definition) is 5. The second-order valence-corrected chi connectivity index (χ2v) is 8.44. The molecular formula is C23H36IN7O. The number of hydrogen-bond donors (Lipinski definition) is 1. The molecule has 3 heterocycles. The molecule has 9 heteroatoms. The largest absolute Gasteiger partial charge is 0.379 e. The van der Waals surface area contributed by atoms with Gasteiger partial charge in [0.15, 0.2) is 11.8 Å². The molecule has 1 aromatic heterocycles. The summed E-state index contributed by atoms with van der Waals surface area (Å²) in [6, 6.07) is 10.8. The molecular weight excluding hydrogens is 517 g/mol. The van der Waals surface area contributed by atoms with Gasteiger partial charge in [0.2, 0.25) is 0 Å². The molecule has 0 radical (unpaired) electrons. The average Bonchev–Trinajstić information content (AvgIpc) is 3.42. The Bertz CT molecular complexity index is 851. The number of halogens is 1. The van der Waals surface area contributed by atoms with Crippen molar-refractivity contribution in [2.24, 2.45) is 12.0 Å². The van der Waals surface area contributed by atoms with Crippen LogP contribution in [-0.4, -0.2) is 83.0 Å². The number of rotatable bonds is 7. The third-order valence-electron chi connectivity index (χ3n) is 6.35. The normalized spacial score (nSPS) is 19.8. The van der Waals surface area contributed by atoms with Gasteiger partial charge >= 0.3 is 0 Å². The average molecular weight is 553 g/mol. The van der Waals surface area contributed by atoms with E-state index in [1.807, 2.05) is 18.5 Å². The van der Waals surface area contributed by atoms with Gasteiger partial charge in [0.1, 0.15) is 12.4 Å². The van der Waals surface area contributed by atoms with Gasteiger partial charge in [-0.25, -0.2) is 4.99 Å². The van der Waals surface area contributed by atoms with Crippen molar-refractivity contribution in [3.05, 3.63) is 47.5 Å². The second-order valence-electron chi connectivity index (χ2n) is 8.44. The Morgan fingerprint density at radius 2 is 1.94 bits per heavy atom. The quantitative estimate of drug-likeness (QED) is 0.246. The van der Waals surface area contributed by atoms with Crippen molar-refractivity contribution in [1.29, 1.82) is 0 Å². The number of morpholine rings is 1. The molecule has 2 aliphatic heterocycles. The fourth-order valence-electron chi connectivity index (χ4n) is 4.28. The summed E-state index contributed by atoms with van der Waals surface area (Å²) < 4.78 is 7.46. The van der Waals surface area contributed by atoms with Crippen LogP contribution in [0, 0.1) is 6.92 Å². The lowest BCUT2D eigenvalue weighted by atomic mass is 9.99. The molecule has 2 saturated heterocycles. The highest BCUT2D eigenvalue weighted by Crippen LogP contribution is 2.27. The fourth-order valence-corrected chi connectivity index (χ4v) is 4.28. The molecule has 2 fully saturated rings. The van der Waals surface area contributed by atoms with E-state index in [9.17, 15) is 0 Å². The first kappa shape index (κ1) is 24.9. The van der Waals surface area contributed by atoms with Crippen LogP contribution in [0.3, 0.4) is 0 Å². The summed E-state index contributed by atoms with van der Waals surface area (Å²) in [6.07, 6.45) is 2.25. The van der Waals surface area contributed by atoms with Crippen LogP contribution in [0.4, 0.5) is 0 Å². The fraction of sp³-hybridized carbons (Fsp3) is 0.609. The number of aliphatic imine (C=N–C) groups is 1. The number of guanidine groups is 1. The van der Waals surface area contributed by atoms with Crippen LogP contribution in [0.15, 0.2) is 35.3 Å². The Labute approximate surface area is 208 Å². The molecule has 8 nitrogen and oxygen atoms in total. The Kier molecular flexibility index (Phi) is 9.73. The van der Waals surface area contributed by atoms with Crippen LogP contribution >= 0.6 is 24.0 Å². The van der Waals surface area contributed by atoms with Crippen molar-refractivity contribution >= 4 is 29.9 Å². The summed E-state index contributed by atoms with van der Waals surface area (Å²) in [5.41, 5.74) is 1.42. The highest BCUT2D eigenvalue weighted by molar-refractivity contribution is 14.0. The van der Waals surface area contributed by atoms with Crippen LogP contribution in [0.5, 0.6) is 0 Å². The van der Waals surface area contributed by atoms with E-state index in [4.69, 9.17) is 9.73 Å². The standard InChI is InChI=1S/C23H35N7O.HI/c1-19-26-27-22(28(19)2)17-25-23(24-10-6-11-29-13-15-31-16-14-29)30-12-9-21(18-30)20-7-4-3-5-8-20;/h3-5,7-8,21H,6,9-18H2,1-2H3,(H,24,25);1H. The molecule has 176 valence electrons. The number of nitrogens with one attached hydrogen (secondary N) is 1. The van der Waals surface area contributed by atoms with Gasteiger partial charge in [-0.3, -0.25) is 4.90 Å². The van der Waals surface area contributed by atoms with Gasteiger partial charge < -0.3 is 19.5 Å². The van der Waals surface area contributed by atoms with Crippen molar-refractivity contribution in [3.8, 4) is 0 Å². The summed E-state index contributed by atoms with van der Waals surface area (Å²) in [5.74, 6) is 3.35. The lowest BCUT2D eigenvalue weighted by molar-refractivity contribution is 0.0375. The molecule has 2 aliphatic rings. The number of benzene rings is 1. The lowest BCUT2D eigenvalue weighted by Gasteiger charge is -2.27. The first-order chi connectivity index (χ1) is 15.2.